The lowest BCUT2D eigenvalue weighted by Crippen LogP contribution is -2.38. The third-order valence-electron chi connectivity index (χ3n) is 5.35. The topological polar surface area (TPSA) is 101 Å². The molecule has 2 aromatic carbocycles. The van der Waals surface area contributed by atoms with E-state index in [9.17, 15) is 13.6 Å². The summed E-state index contributed by atoms with van der Waals surface area (Å²) in [4.78, 5) is 26.2. The molecule has 0 unspecified atom stereocenters. The van der Waals surface area contributed by atoms with E-state index < -0.39 is 23.5 Å². The molecule has 0 saturated heterocycles. The van der Waals surface area contributed by atoms with Crippen molar-refractivity contribution in [1.82, 2.24) is 19.9 Å². The lowest BCUT2D eigenvalue weighted by Gasteiger charge is -2.31. The molecule has 0 spiro atoms. The Balaban J connectivity index is 1.37. The monoisotopic (exact) mass is 422 g/mol. The van der Waals surface area contributed by atoms with Gasteiger partial charge >= 0.3 is 12.0 Å². The number of aromatic amines is 1. The van der Waals surface area contributed by atoms with Crippen LogP contribution in [0.1, 0.15) is 12.8 Å². The molecule has 1 saturated carbocycles. The molecular weight excluding hydrogens is 406 g/mol. The Morgan fingerprint density at radius 1 is 1.06 bits per heavy atom. The number of ether oxygens (including phenoxy) is 1. The van der Waals surface area contributed by atoms with Gasteiger partial charge in [0.1, 0.15) is 23.6 Å². The molecule has 2 heterocycles. The Morgan fingerprint density at radius 3 is 2.39 bits per heavy atom. The number of rotatable bonds is 5. The zero-order chi connectivity index (χ0) is 21.5. The minimum Gasteiger partial charge on any atom is -0.481 e. The van der Waals surface area contributed by atoms with Crippen molar-refractivity contribution in [3.63, 3.8) is 0 Å². The summed E-state index contributed by atoms with van der Waals surface area (Å²) in [5.41, 5.74) is 1.75. The van der Waals surface area contributed by atoms with E-state index in [4.69, 9.17) is 9.84 Å². The van der Waals surface area contributed by atoms with Crippen LogP contribution < -0.4 is 4.74 Å². The SMILES string of the molecule is O=C(O)C1CC(Oc2ncc(-c3cc(F)c(-c4nc5ccccc5[nH]4)c(F)c3)cn2)C1. The summed E-state index contributed by atoms with van der Waals surface area (Å²) < 4.78 is 35.1. The van der Waals surface area contributed by atoms with Gasteiger partial charge in [0.25, 0.3) is 0 Å². The van der Waals surface area contributed by atoms with Gasteiger partial charge in [0.05, 0.1) is 22.5 Å². The first-order valence-electron chi connectivity index (χ1n) is 9.64. The zero-order valence-corrected chi connectivity index (χ0v) is 16.0. The van der Waals surface area contributed by atoms with E-state index in [-0.39, 0.29) is 29.1 Å². The molecule has 7 nitrogen and oxygen atoms in total. The number of nitrogens with zero attached hydrogens (tertiary/aromatic N) is 3. The molecule has 0 bridgehead atoms. The van der Waals surface area contributed by atoms with E-state index in [2.05, 4.69) is 19.9 Å². The maximum absolute atomic E-state index is 14.8. The first kappa shape index (κ1) is 19.1. The highest BCUT2D eigenvalue weighted by atomic mass is 19.1. The molecular formula is C22H16F2N4O3. The number of halogens is 2. The lowest BCUT2D eigenvalue weighted by molar-refractivity contribution is -0.148. The molecule has 0 aliphatic heterocycles. The van der Waals surface area contributed by atoms with Gasteiger partial charge in [0, 0.05) is 18.0 Å². The lowest BCUT2D eigenvalue weighted by atomic mass is 9.82. The van der Waals surface area contributed by atoms with Gasteiger partial charge in [-0.25, -0.2) is 23.7 Å². The molecule has 2 N–H and O–H groups in total. The molecule has 5 rings (SSSR count). The maximum Gasteiger partial charge on any atom is 0.316 e. The second-order valence-electron chi connectivity index (χ2n) is 7.42. The van der Waals surface area contributed by atoms with Gasteiger partial charge < -0.3 is 14.8 Å². The van der Waals surface area contributed by atoms with Crippen molar-refractivity contribution in [1.29, 1.82) is 0 Å². The fourth-order valence-electron chi connectivity index (χ4n) is 3.58. The number of carboxylic acid groups (broad SMARTS) is 1. The van der Waals surface area contributed by atoms with Crippen molar-refractivity contribution in [3.8, 4) is 28.5 Å². The number of H-pyrrole nitrogens is 1. The minimum atomic E-state index is -0.841. The number of imidazole rings is 1. The highest BCUT2D eigenvalue weighted by molar-refractivity contribution is 5.80. The van der Waals surface area contributed by atoms with Crippen molar-refractivity contribution in [2.45, 2.75) is 18.9 Å². The Labute approximate surface area is 174 Å². The predicted molar refractivity (Wildman–Crippen MR) is 107 cm³/mol. The summed E-state index contributed by atoms with van der Waals surface area (Å²) >= 11 is 0. The van der Waals surface area contributed by atoms with E-state index in [1.807, 2.05) is 6.07 Å². The summed E-state index contributed by atoms with van der Waals surface area (Å²) in [5, 5.41) is 8.90. The van der Waals surface area contributed by atoms with Crippen LogP contribution in [-0.4, -0.2) is 37.1 Å². The number of carboxylic acids is 1. The van der Waals surface area contributed by atoms with Crippen LogP contribution in [-0.2, 0) is 4.79 Å². The van der Waals surface area contributed by atoms with Crippen molar-refractivity contribution in [3.05, 3.63) is 60.4 Å². The Morgan fingerprint density at radius 2 is 1.74 bits per heavy atom. The molecule has 1 aliphatic carbocycles. The maximum atomic E-state index is 14.8. The first-order chi connectivity index (χ1) is 15.0. The quantitative estimate of drug-likeness (QED) is 0.500. The average molecular weight is 422 g/mol. The Hall–Kier alpha value is -3.88. The fourth-order valence-corrected chi connectivity index (χ4v) is 3.58. The van der Waals surface area contributed by atoms with E-state index in [1.54, 1.807) is 18.2 Å². The molecule has 9 heteroatoms. The average Bonchev–Trinajstić information content (AvgIpc) is 3.13. The van der Waals surface area contributed by atoms with Gasteiger partial charge in [-0.1, -0.05) is 12.1 Å². The number of aromatic nitrogens is 4. The van der Waals surface area contributed by atoms with Crippen LogP contribution in [0, 0.1) is 17.6 Å². The van der Waals surface area contributed by atoms with E-state index >= 15 is 0 Å². The zero-order valence-electron chi connectivity index (χ0n) is 16.0. The fraction of sp³-hybridized carbons (Fsp3) is 0.182. The highest BCUT2D eigenvalue weighted by Crippen LogP contribution is 2.32. The van der Waals surface area contributed by atoms with Crippen LogP contribution in [0.2, 0.25) is 0 Å². The van der Waals surface area contributed by atoms with Gasteiger partial charge in [-0.2, -0.15) is 0 Å². The third-order valence-corrected chi connectivity index (χ3v) is 5.35. The molecule has 4 aromatic rings. The van der Waals surface area contributed by atoms with Crippen molar-refractivity contribution in [2.24, 2.45) is 5.92 Å². The number of fused-ring (bicyclic) bond motifs is 1. The minimum absolute atomic E-state index is 0.0948. The largest absolute Gasteiger partial charge is 0.481 e. The van der Waals surface area contributed by atoms with Crippen molar-refractivity contribution in [2.75, 3.05) is 0 Å². The van der Waals surface area contributed by atoms with Gasteiger partial charge in [0.2, 0.25) is 0 Å². The van der Waals surface area contributed by atoms with Crippen LogP contribution in [0.3, 0.4) is 0 Å². The summed E-state index contributed by atoms with van der Waals surface area (Å²) in [5.74, 6) is -2.65. The molecule has 2 aromatic heterocycles. The van der Waals surface area contributed by atoms with Crippen LogP contribution in [0.15, 0.2) is 48.8 Å². The molecule has 1 fully saturated rings. The van der Waals surface area contributed by atoms with E-state index in [0.717, 1.165) is 0 Å². The number of para-hydroxylation sites is 2. The van der Waals surface area contributed by atoms with Gasteiger partial charge in [-0.15, -0.1) is 0 Å². The van der Waals surface area contributed by atoms with Gasteiger partial charge in [0.15, 0.2) is 0 Å². The normalized spacial score (nSPS) is 18.0. The summed E-state index contributed by atoms with van der Waals surface area (Å²) in [6, 6.07) is 9.64. The van der Waals surface area contributed by atoms with Crippen molar-refractivity contribution < 1.29 is 23.4 Å². The van der Waals surface area contributed by atoms with Crippen LogP contribution >= 0.6 is 0 Å². The molecule has 31 heavy (non-hydrogen) atoms. The first-order valence-corrected chi connectivity index (χ1v) is 9.64. The number of hydrogen-bond donors (Lipinski definition) is 2. The summed E-state index contributed by atoms with van der Waals surface area (Å²) in [6.45, 7) is 0. The predicted octanol–water partition coefficient (Wildman–Crippen LogP) is 4.21. The molecule has 0 radical (unpaired) electrons. The molecule has 0 amide bonds. The Kier molecular flexibility index (Phi) is 4.58. The number of nitrogens with one attached hydrogen (secondary N) is 1. The van der Waals surface area contributed by atoms with E-state index in [0.29, 0.717) is 29.4 Å². The molecule has 156 valence electrons. The smallest absolute Gasteiger partial charge is 0.316 e. The second-order valence-corrected chi connectivity index (χ2v) is 7.42. The number of hydrogen-bond acceptors (Lipinski definition) is 5. The van der Waals surface area contributed by atoms with Crippen LogP contribution in [0.25, 0.3) is 33.5 Å². The number of benzene rings is 2. The van der Waals surface area contributed by atoms with E-state index in [1.165, 1.54) is 24.5 Å². The molecule has 0 atom stereocenters. The van der Waals surface area contributed by atoms with Crippen LogP contribution in [0.5, 0.6) is 6.01 Å². The van der Waals surface area contributed by atoms with Crippen LogP contribution in [0.4, 0.5) is 8.78 Å². The summed E-state index contributed by atoms with van der Waals surface area (Å²) in [6.07, 6.45) is 3.38. The van der Waals surface area contributed by atoms with Crippen molar-refractivity contribution >= 4 is 17.0 Å². The Bertz CT molecular complexity index is 1230. The third kappa shape index (κ3) is 3.58. The number of carbonyl (C=O) groups is 1. The van der Waals surface area contributed by atoms with Gasteiger partial charge in [-0.05, 0) is 42.7 Å². The highest BCUT2D eigenvalue weighted by Gasteiger charge is 2.36. The standard InChI is InChI=1S/C22H16F2N4O3/c23-15-7-11(8-16(24)19(15)20-27-17-3-1-2-4-18(17)28-20)13-9-25-22(26-10-13)31-14-5-12(6-14)21(29)30/h1-4,7-10,12,14H,5-6H2,(H,27,28)(H,29,30). The summed E-state index contributed by atoms with van der Waals surface area (Å²) in [7, 11) is 0. The number of aliphatic carboxylic acids is 1. The second kappa shape index (κ2) is 7.42. The van der Waals surface area contributed by atoms with Gasteiger partial charge in [-0.3, -0.25) is 4.79 Å². The molecule has 1 aliphatic rings.